The van der Waals surface area contributed by atoms with Gasteiger partial charge in [-0.05, 0) is 12.1 Å². The SMILES string of the molecule is Cl.O=CNc1cc(F)cc2ccoc12. The Kier molecular flexibility index (Phi) is 3.09. The van der Waals surface area contributed by atoms with E-state index in [2.05, 4.69) is 5.32 Å². The van der Waals surface area contributed by atoms with Gasteiger partial charge in [0.25, 0.3) is 0 Å². The summed E-state index contributed by atoms with van der Waals surface area (Å²) in [6, 6.07) is 4.18. The maximum Gasteiger partial charge on any atom is 0.211 e. The van der Waals surface area contributed by atoms with E-state index in [4.69, 9.17) is 4.42 Å². The fourth-order valence-electron chi connectivity index (χ4n) is 1.22. The van der Waals surface area contributed by atoms with Gasteiger partial charge in [-0.3, -0.25) is 4.79 Å². The molecule has 5 heteroatoms. The molecule has 3 nitrogen and oxygen atoms in total. The lowest BCUT2D eigenvalue weighted by atomic mass is 10.2. The van der Waals surface area contributed by atoms with Crippen molar-refractivity contribution in [2.75, 3.05) is 5.32 Å². The van der Waals surface area contributed by atoms with E-state index in [-0.39, 0.29) is 12.4 Å². The molecule has 0 saturated carbocycles. The second-order valence-electron chi connectivity index (χ2n) is 2.55. The monoisotopic (exact) mass is 215 g/mol. The summed E-state index contributed by atoms with van der Waals surface area (Å²) < 4.78 is 18.0. The molecule has 0 atom stereocenters. The topological polar surface area (TPSA) is 42.2 Å². The van der Waals surface area contributed by atoms with E-state index in [1.165, 1.54) is 18.4 Å². The highest BCUT2D eigenvalue weighted by Crippen LogP contribution is 2.25. The number of anilines is 1. The van der Waals surface area contributed by atoms with Crippen molar-refractivity contribution in [1.82, 2.24) is 0 Å². The molecule has 0 unspecified atom stereocenters. The van der Waals surface area contributed by atoms with E-state index < -0.39 is 5.82 Å². The molecule has 1 amide bonds. The molecule has 1 heterocycles. The van der Waals surface area contributed by atoms with Crippen LogP contribution in [-0.4, -0.2) is 6.41 Å². The van der Waals surface area contributed by atoms with Crippen LogP contribution in [0.3, 0.4) is 0 Å². The largest absolute Gasteiger partial charge is 0.462 e. The fourth-order valence-corrected chi connectivity index (χ4v) is 1.22. The summed E-state index contributed by atoms with van der Waals surface area (Å²) in [5, 5.41) is 2.99. The van der Waals surface area contributed by atoms with Crippen molar-refractivity contribution in [3.05, 3.63) is 30.3 Å². The average Bonchev–Trinajstić information content (AvgIpc) is 2.52. The second-order valence-corrected chi connectivity index (χ2v) is 2.55. The first-order valence-electron chi connectivity index (χ1n) is 3.68. The minimum atomic E-state index is -0.404. The maximum atomic E-state index is 12.9. The zero-order chi connectivity index (χ0) is 9.26. The van der Waals surface area contributed by atoms with Crippen LogP contribution in [0.5, 0.6) is 0 Å². The van der Waals surface area contributed by atoms with E-state index in [9.17, 15) is 9.18 Å². The lowest BCUT2D eigenvalue weighted by molar-refractivity contribution is -0.105. The van der Waals surface area contributed by atoms with E-state index in [0.717, 1.165) is 0 Å². The lowest BCUT2D eigenvalue weighted by Gasteiger charge is -1.99. The van der Waals surface area contributed by atoms with Gasteiger partial charge in [-0.2, -0.15) is 0 Å². The molecule has 0 aliphatic carbocycles. The molecular weight excluding hydrogens is 209 g/mol. The zero-order valence-electron chi connectivity index (χ0n) is 6.99. The summed E-state index contributed by atoms with van der Waals surface area (Å²) in [6.07, 6.45) is 1.93. The van der Waals surface area contributed by atoms with Crippen LogP contribution in [0.2, 0.25) is 0 Å². The van der Waals surface area contributed by atoms with Crippen molar-refractivity contribution in [3.8, 4) is 0 Å². The minimum absolute atomic E-state index is 0. The van der Waals surface area contributed by atoms with Crippen molar-refractivity contribution >= 4 is 35.5 Å². The van der Waals surface area contributed by atoms with Crippen LogP contribution in [0.25, 0.3) is 11.0 Å². The summed E-state index contributed by atoms with van der Waals surface area (Å²) in [7, 11) is 0. The molecule has 1 aromatic carbocycles. The van der Waals surface area contributed by atoms with Crippen LogP contribution >= 0.6 is 12.4 Å². The van der Waals surface area contributed by atoms with Gasteiger partial charge in [-0.1, -0.05) is 0 Å². The lowest BCUT2D eigenvalue weighted by Crippen LogP contribution is -1.94. The third-order valence-electron chi connectivity index (χ3n) is 1.73. The van der Waals surface area contributed by atoms with Gasteiger partial charge in [-0.25, -0.2) is 4.39 Å². The highest BCUT2D eigenvalue weighted by molar-refractivity contribution is 5.93. The predicted octanol–water partition coefficient (Wildman–Crippen LogP) is 2.56. The van der Waals surface area contributed by atoms with Gasteiger partial charge in [0.05, 0.1) is 12.0 Å². The number of halogens is 2. The molecule has 0 saturated heterocycles. The number of amides is 1. The average molecular weight is 216 g/mol. The first-order chi connectivity index (χ1) is 6.31. The van der Waals surface area contributed by atoms with Gasteiger partial charge < -0.3 is 9.73 Å². The van der Waals surface area contributed by atoms with E-state index in [1.54, 1.807) is 6.07 Å². The number of nitrogens with one attached hydrogen (secondary N) is 1. The Morgan fingerprint density at radius 3 is 2.93 bits per heavy atom. The third-order valence-corrected chi connectivity index (χ3v) is 1.73. The molecule has 0 spiro atoms. The Balaban J connectivity index is 0.000000980. The number of hydrogen-bond acceptors (Lipinski definition) is 2. The number of fused-ring (bicyclic) bond motifs is 1. The van der Waals surface area contributed by atoms with Crippen LogP contribution in [-0.2, 0) is 4.79 Å². The summed E-state index contributed by atoms with van der Waals surface area (Å²) in [4.78, 5) is 10.2. The molecular formula is C9H7ClFNO2. The highest BCUT2D eigenvalue weighted by atomic mass is 35.5. The molecule has 74 valence electrons. The molecule has 2 aromatic rings. The standard InChI is InChI=1S/C9H6FNO2.ClH/c10-7-3-6-1-2-13-9(6)8(4-7)11-5-12;/h1-5H,(H,11,12);1H. The summed E-state index contributed by atoms with van der Waals surface area (Å²) >= 11 is 0. The number of furan rings is 1. The maximum absolute atomic E-state index is 12.9. The van der Waals surface area contributed by atoms with Gasteiger partial charge >= 0.3 is 0 Å². The molecule has 1 N–H and O–H groups in total. The van der Waals surface area contributed by atoms with E-state index in [0.29, 0.717) is 23.1 Å². The number of benzene rings is 1. The van der Waals surface area contributed by atoms with Gasteiger partial charge in [0.1, 0.15) is 5.82 Å². The number of carbonyl (C=O) groups excluding carboxylic acids is 1. The summed E-state index contributed by atoms with van der Waals surface area (Å²) in [5.41, 5.74) is 0.823. The fraction of sp³-hybridized carbons (Fsp3) is 0. The Labute approximate surface area is 85.3 Å². The number of carbonyl (C=O) groups is 1. The highest BCUT2D eigenvalue weighted by Gasteiger charge is 2.05. The molecule has 14 heavy (non-hydrogen) atoms. The zero-order valence-corrected chi connectivity index (χ0v) is 7.81. The van der Waals surface area contributed by atoms with E-state index in [1.807, 2.05) is 0 Å². The quantitative estimate of drug-likeness (QED) is 0.783. The summed E-state index contributed by atoms with van der Waals surface area (Å²) in [5.74, 6) is -0.404. The Morgan fingerprint density at radius 1 is 1.43 bits per heavy atom. The van der Waals surface area contributed by atoms with Crippen molar-refractivity contribution in [3.63, 3.8) is 0 Å². The number of hydrogen-bond donors (Lipinski definition) is 1. The van der Waals surface area contributed by atoms with Crippen molar-refractivity contribution in [2.45, 2.75) is 0 Å². The first kappa shape index (κ1) is 10.5. The normalized spacial score (nSPS) is 9.50. The molecule has 0 radical (unpaired) electrons. The van der Waals surface area contributed by atoms with Gasteiger partial charge in [0, 0.05) is 11.5 Å². The van der Waals surface area contributed by atoms with Gasteiger partial charge in [0.2, 0.25) is 6.41 Å². The molecule has 1 aromatic heterocycles. The molecule has 0 bridgehead atoms. The molecule has 0 fully saturated rings. The van der Waals surface area contributed by atoms with Crippen molar-refractivity contribution < 1.29 is 13.6 Å². The van der Waals surface area contributed by atoms with E-state index >= 15 is 0 Å². The van der Waals surface area contributed by atoms with Crippen LogP contribution in [0.1, 0.15) is 0 Å². The first-order valence-corrected chi connectivity index (χ1v) is 3.68. The smallest absolute Gasteiger partial charge is 0.211 e. The Bertz CT molecular complexity index is 455. The third kappa shape index (κ3) is 1.70. The van der Waals surface area contributed by atoms with Crippen LogP contribution in [0.4, 0.5) is 10.1 Å². The van der Waals surface area contributed by atoms with Crippen molar-refractivity contribution in [2.24, 2.45) is 0 Å². The Hall–Kier alpha value is -1.55. The molecule has 0 aliphatic heterocycles. The predicted molar refractivity (Wildman–Crippen MR) is 53.1 cm³/mol. The molecule has 2 rings (SSSR count). The van der Waals surface area contributed by atoms with Crippen LogP contribution < -0.4 is 5.32 Å². The van der Waals surface area contributed by atoms with Crippen LogP contribution in [0.15, 0.2) is 28.9 Å². The minimum Gasteiger partial charge on any atom is -0.462 e. The Morgan fingerprint density at radius 2 is 2.21 bits per heavy atom. The van der Waals surface area contributed by atoms with Crippen molar-refractivity contribution in [1.29, 1.82) is 0 Å². The molecule has 0 aliphatic rings. The number of rotatable bonds is 2. The van der Waals surface area contributed by atoms with Crippen LogP contribution in [0, 0.1) is 5.82 Å². The second kappa shape index (κ2) is 4.11. The summed E-state index contributed by atoms with van der Waals surface area (Å²) in [6.45, 7) is 0. The van der Waals surface area contributed by atoms with Gasteiger partial charge in [0.15, 0.2) is 5.58 Å². The van der Waals surface area contributed by atoms with Gasteiger partial charge in [-0.15, -0.1) is 12.4 Å².